The SMILES string of the molecule is Cc1ccc(OCC(=O)OCc2cc(-c3ccccc3)on2)c(C)c1. The first-order valence-electron chi connectivity index (χ1n) is 7.98. The minimum Gasteiger partial charge on any atom is -0.482 e. The van der Waals surface area contributed by atoms with Crippen LogP contribution in [0.3, 0.4) is 0 Å². The second kappa shape index (κ2) is 7.66. The van der Waals surface area contributed by atoms with E-state index in [2.05, 4.69) is 5.16 Å². The summed E-state index contributed by atoms with van der Waals surface area (Å²) in [6.07, 6.45) is 0. The van der Waals surface area contributed by atoms with Crippen molar-refractivity contribution in [1.82, 2.24) is 5.16 Å². The Balaban J connectivity index is 1.50. The molecule has 5 nitrogen and oxygen atoms in total. The van der Waals surface area contributed by atoms with E-state index in [1.807, 2.05) is 62.4 Å². The van der Waals surface area contributed by atoms with Crippen LogP contribution in [-0.4, -0.2) is 17.7 Å². The highest BCUT2D eigenvalue weighted by atomic mass is 16.6. The first kappa shape index (κ1) is 16.8. The molecule has 3 aromatic rings. The van der Waals surface area contributed by atoms with Crippen LogP contribution in [0.2, 0.25) is 0 Å². The molecule has 0 amide bonds. The first-order chi connectivity index (χ1) is 12.1. The molecule has 0 radical (unpaired) electrons. The lowest BCUT2D eigenvalue weighted by Gasteiger charge is -2.09. The number of carbonyl (C=O) groups excluding carboxylic acids is 1. The topological polar surface area (TPSA) is 61.6 Å². The fraction of sp³-hybridized carbons (Fsp3) is 0.200. The van der Waals surface area contributed by atoms with Gasteiger partial charge in [-0.1, -0.05) is 53.2 Å². The van der Waals surface area contributed by atoms with Gasteiger partial charge in [0.05, 0.1) is 0 Å². The summed E-state index contributed by atoms with van der Waals surface area (Å²) in [5.74, 6) is 0.859. The molecule has 3 rings (SSSR count). The highest BCUT2D eigenvalue weighted by Gasteiger charge is 2.10. The summed E-state index contributed by atoms with van der Waals surface area (Å²) in [6, 6.07) is 17.2. The van der Waals surface area contributed by atoms with Gasteiger partial charge in [-0.25, -0.2) is 4.79 Å². The average molecular weight is 337 g/mol. The molecule has 0 saturated heterocycles. The van der Waals surface area contributed by atoms with Crippen molar-refractivity contribution in [3.8, 4) is 17.1 Å². The van der Waals surface area contributed by atoms with Crippen LogP contribution in [0.15, 0.2) is 59.1 Å². The molecule has 0 aliphatic carbocycles. The molecule has 1 heterocycles. The van der Waals surface area contributed by atoms with E-state index in [1.165, 1.54) is 0 Å². The zero-order chi connectivity index (χ0) is 17.6. The lowest BCUT2D eigenvalue weighted by molar-refractivity contribution is -0.147. The van der Waals surface area contributed by atoms with Gasteiger partial charge >= 0.3 is 5.97 Å². The Labute approximate surface area is 146 Å². The van der Waals surface area contributed by atoms with Crippen molar-refractivity contribution < 1.29 is 18.8 Å². The number of aromatic nitrogens is 1. The highest BCUT2D eigenvalue weighted by molar-refractivity contribution is 5.71. The molecule has 0 saturated carbocycles. The van der Waals surface area contributed by atoms with E-state index >= 15 is 0 Å². The van der Waals surface area contributed by atoms with Gasteiger partial charge in [-0.05, 0) is 25.5 Å². The number of ether oxygens (including phenoxy) is 2. The zero-order valence-corrected chi connectivity index (χ0v) is 14.2. The van der Waals surface area contributed by atoms with Crippen LogP contribution >= 0.6 is 0 Å². The Morgan fingerprint density at radius 1 is 1.08 bits per heavy atom. The van der Waals surface area contributed by atoms with Crippen LogP contribution in [0.5, 0.6) is 5.75 Å². The van der Waals surface area contributed by atoms with Crippen molar-refractivity contribution in [3.05, 3.63) is 71.4 Å². The van der Waals surface area contributed by atoms with Gasteiger partial charge in [0.25, 0.3) is 0 Å². The second-order valence-electron chi connectivity index (χ2n) is 5.77. The summed E-state index contributed by atoms with van der Waals surface area (Å²) in [5.41, 5.74) is 3.61. The van der Waals surface area contributed by atoms with E-state index in [9.17, 15) is 4.79 Å². The molecule has 0 N–H and O–H groups in total. The van der Waals surface area contributed by atoms with E-state index in [1.54, 1.807) is 6.07 Å². The van der Waals surface area contributed by atoms with Crippen molar-refractivity contribution in [2.75, 3.05) is 6.61 Å². The van der Waals surface area contributed by atoms with E-state index < -0.39 is 5.97 Å². The van der Waals surface area contributed by atoms with Crippen molar-refractivity contribution in [1.29, 1.82) is 0 Å². The van der Waals surface area contributed by atoms with Crippen molar-refractivity contribution in [2.45, 2.75) is 20.5 Å². The summed E-state index contributed by atoms with van der Waals surface area (Å²) in [5, 5.41) is 3.91. The molecular weight excluding hydrogens is 318 g/mol. The Hall–Kier alpha value is -3.08. The van der Waals surface area contributed by atoms with Gasteiger partial charge in [-0.15, -0.1) is 0 Å². The molecule has 0 aliphatic rings. The van der Waals surface area contributed by atoms with Crippen molar-refractivity contribution in [3.63, 3.8) is 0 Å². The number of carbonyl (C=O) groups is 1. The minimum atomic E-state index is -0.454. The van der Waals surface area contributed by atoms with E-state index in [-0.39, 0.29) is 13.2 Å². The maximum atomic E-state index is 11.8. The standard InChI is InChI=1S/C20H19NO4/c1-14-8-9-18(15(2)10-14)23-13-20(22)24-12-17-11-19(25-21-17)16-6-4-3-5-7-16/h3-11H,12-13H2,1-2H3. The molecule has 0 fully saturated rings. The van der Waals surface area contributed by atoms with Crippen LogP contribution in [-0.2, 0) is 16.1 Å². The summed E-state index contributed by atoms with van der Waals surface area (Å²) in [6.45, 7) is 3.85. The number of rotatable bonds is 6. The molecule has 0 aliphatic heterocycles. The van der Waals surface area contributed by atoms with Gasteiger partial charge in [0.15, 0.2) is 12.4 Å². The first-order valence-corrected chi connectivity index (χ1v) is 7.98. The fourth-order valence-corrected chi connectivity index (χ4v) is 2.41. The van der Waals surface area contributed by atoms with Crippen molar-refractivity contribution in [2.24, 2.45) is 0 Å². The van der Waals surface area contributed by atoms with Crippen LogP contribution in [0.25, 0.3) is 11.3 Å². The maximum Gasteiger partial charge on any atom is 0.344 e. The molecule has 1 aromatic heterocycles. The number of hydrogen-bond acceptors (Lipinski definition) is 5. The number of esters is 1. The Morgan fingerprint density at radius 2 is 1.88 bits per heavy atom. The van der Waals surface area contributed by atoms with Gasteiger partial charge in [0.2, 0.25) is 0 Å². The van der Waals surface area contributed by atoms with Gasteiger partial charge in [0.1, 0.15) is 18.1 Å². The molecule has 0 bridgehead atoms. The minimum absolute atomic E-state index is 0.0470. The third-order valence-electron chi connectivity index (χ3n) is 3.67. The normalized spacial score (nSPS) is 10.5. The lowest BCUT2D eigenvalue weighted by atomic mass is 10.1. The molecule has 0 spiro atoms. The van der Waals surface area contributed by atoms with Gasteiger partial charge in [-0.2, -0.15) is 0 Å². The third kappa shape index (κ3) is 4.47. The summed E-state index contributed by atoms with van der Waals surface area (Å²) in [7, 11) is 0. The van der Waals surface area contributed by atoms with Crippen LogP contribution in [0, 0.1) is 13.8 Å². The molecular formula is C20H19NO4. The molecule has 0 atom stereocenters. The Bertz CT molecular complexity index is 855. The Kier molecular flexibility index (Phi) is 5.14. The number of aryl methyl sites for hydroxylation is 2. The molecule has 5 heteroatoms. The monoisotopic (exact) mass is 337 g/mol. The number of hydrogen-bond donors (Lipinski definition) is 0. The van der Waals surface area contributed by atoms with Gasteiger partial charge in [-0.3, -0.25) is 0 Å². The van der Waals surface area contributed by atoms with Crippen LogP contribution < -0.4 is 4.74 Å². The van der Waals surface area contributed by atoms with Crippen LogP contribution in [0.4, 0.5) is 0 Å². The summed E-state index contributed by atoms with van der Waals surface area (Å²) >= 11 is 0. The lowest BCUT2D eigenvalue weighted by Crippen LogP contribution is -2.15. The molecule has 128 valence electrons. The highest BCUT2D eigenvalue weighted by Crippen LogP contribution is 2.20. The fourth-order valence-electron chi connectivity index (χ4n) is 2.41. The Morgan fingerprint density at radius 3 is 2.64 bits per heavy atom. The van der Waals surface area contributed by atoms with Gasteiger partial charge < -0.3 is 14.0 Å². The largest absolute Gasteiger partial charge is 0.482 e. The van der Waals surface area contributed by atoms with Crippen LogP contribution in [0.1, 0.15) is 16.8 Å². The molecule has 2 aromatic carbocycles. The average Bonchev–Trinajstić information content (AvgIpc) is 3.09. The molecule has 25 heavy (non-hydrogen) atoms. The summed E-state index contributed by atoms with van der Waals surface area (Å²) in [4.78, 5) is 11.8. The predicted molar refractivity (Wildman–Crippen MR) is 93.1 cm³/mol. The van der Waals surface area contributed by atoms with E-state index in [0.29, 0.717) is 17.2 Å². The van der Waals surface area contributed by atoms with Crippen molar-refractivity contribution >= 4 is 5.97 Å². The van der Waals surface area contributed by atoms with Gasteiger partial charge in [0, 0.05) is 11.6 Å². The third-order valence-corrected chi connectivity index (χ3v) is 3.67. The molecule has 0 unspecified atom stereocenters. The van der Waals surface area contributed by atoms with E-state index in [4.69, 9.17) is 14.0 Å². The predicted octanol–water partition coefficient (Wildman–Crippen LogP) is 4.08. The quantitative estimate of drug-likeness (QED) is 0.634. The summed E-state index contributed by atoms with van der Waals surface area (Å²) < 4.78 is 15.9. The number of benzene rings is 2. The van der Waals surface area contributed by atoms with E-state index in [0.717, 1.165) is 16.7 Å². The second-order valence-corrected chi connectivity index (χ2v) is 5.77. The number of nitrogens with zero attached hydrogens (tertiary/aromatic N) is 1. The zero-order valence-electron chi connectivity index (χ0n) is 14.2. The smallest absolute Gasteiger partial charge is 0.344 e. The maximum absolute atomic E-state index is 11.8.